The highest BCUT2D eigenvalue weighted by Gasteiger charge is 2.22. The summed E-state index contributed by atoms with van der Waals surface area (Å²) in [5.41, 5.74) is 11.8. The van der Waals surface area contributed by atoms with Gasteiger partial charge in [0.1, 0.15) is 4.99 Å². The SMILES string of the molecule is CCN(CC(N)=O)S(=O)(=O)Cc1ccc(C(N)=S)cc1. The van der Waals surface area contributed by atoms with E-state index in [2.05, 4.69) is 0 Å². The number of carbonyl (C=O) groups is 1. The maximum absolute atomic E-state index is 12.2. The Morgan fingerprint density at radius 1 is 1.25 bits per heavy atom. The molecule has 20 heavy (non-hydrogen) atoms. The Bertz CT molecular complexity index is 597. The molecule has 1 aromatic carbocycles. The Kier molecular flexibility index (Phi) is 5.61. The van der Waals surface area contributed by atoms with Crippen LogP contribution in [0.2, 0.25) is 0 Å². The first-order valence-corrected chi connectivity index (χ1v) is 7.93. The van der Waals surface area contributed by atoms with Crippen LogP contribution in [-0.2, 0) is 20.6 Å². The number of amides is 1. The third kappa shape index (κ3) is 4.55. The van der Waals surface area contributed by atoms with E-state index in [1.165, 1.54) is 0 Å². The minimum atomic E-state index is -3.59. The van der Waals surface area contributed by atoms with E-state index < -0.39 is 15.9 Å². The second kappa shape index (κ2) is 6.78. The topological polar surface area (TPSA) is 106 Å². The van der Waals surface area contributed by atoms with Gasteiger partial charge in [0.2, 0.25) is 15.9 Å². The number of sulfonamides is 1. The van der Waals surface area contributed by atoms with Crippen LogP contribution in [0.4, 0.5) is 0 Å². The Morgan fingerprint density at radius 2 is 1.80 bits per heavy atom. The summed E-state index contributed by atoms with van der Waals surface area (Å²) < 4.78 is 25.4. The van der Waals surface area contributed by atoms with Gasteiger partial charge in [-0.2, -0.15) is 4.31 Å². The highest BCUT2D eigenvalue weighted by Crippen LogP contribution is 2.12. The molecule has 1 rings (SSSR count). The zero-order valence-electron chi connectivity index (χ0n) is 11.1. The molecule has 0 aromatic heterocycles. The molecule has 110 valence electrons. The number of thiocarbonyl (C=S) groups is 1. The van der Waals surface area contributed by atoms with Gasteiger partial charge < -0.3 is 11.5 Å². The molecule has 0 aliphatic rings. The molecule has 0 spiro atoms. The van der Waals surface area contributed by atoms with Gasteiger partial charge in [0.15, 0.2) is 0 Å². The van der Waals surface area contributed by atoms with E-state index in [4.69, 9.17) is 23.7 Å². The van der Waals surface area contributed by atoms with Crippen LogP contribution in [0.25, 0.3) is 0 Å². The van der Waals surface area contributed by atoms with E-state index in [1.807, 2.05) is 0 Å². The summed E-state index contributed by atoms with van der Waals surface area (Å²) in [5, 5.41) is 0. The van der Waals surface area contributed by atoms with Crippen LogP contribution in [0.15, 0.2) is 24.3 Å². The van der Waals surface area contributed by atoms with E-state index in [0.717, 1.165) is 4.31 Å². The van der Waals surface area contributed by atoms with Gasteiger partial charge in [-0.15, -0.1) is 0 Å². The fourth-order valence-corrected chi connectivity index (χ4v) is 3.30. The third-order valence-corrected chi connectivity index (χ3v) is 4.77. The molecular weight excluding hydrogens is 298 g/mol. The van der Waals surface area contributed by atoms with Gasteiger partial charge in [0.05, 0.1) is 12.3 Å². The fourth-order valence-electron chi connectivity index (χ4n) is 1.65. The molecule has 1 amide bonds. The third-order valence-electron chi connectivity index (χ3n) is 2.67. The number of hydrogen-bond donors (Lipinski definition) is 2. The maximum atomic E-state index is 12.2. The molecule has 0 aliphatic carbocycles. The van der Waals surface area contributed by atoms with Gasteiger partial charge in [-0.3, -0.25) is 4.79 Å². The number of primary amides is 1. The van der Waals surface area contributed by atoms with Crippen LogP contribution in [-0.4, -0.2) is 36.7 Å². The smallest absolute Gasteiger partial charge is 0.232 e. The van der Waals surface area contributed by atoms with Crippen LogP contribution in [0.1, 0.15) is 18.1 Å². The highest BCUT2D eigenvalue weighted by molar-refractivity contribution is 7.88. The second-order valence-corrected chi connectivity index (χ2v) is 6.62. The van der Waals surface area contributed by atoms with Gasteiger partial charge in [0.25, 0.3) is 0 Å². The van der Waals surface area contributed by atoms with E-state index in [-0.39, 0.29) is 23.8 Å². The van der Waals surface area contributed by atoms with E-state index in [1.54, 1.807) is 31.2 Å². The highest BCUT2D eigenvalue weighted by atomic mass is 32.2. The van der Waals surface area contributed by atoms with Gasteiger partial charge in [0, 0.05) is 12.1 Å². The molecular formula is C12H17N3O3S2. The van der Waals surface area contributed by atoms with Gasteiger partial charge >= 0.3 is 0 Å². The number of carbonyl (C=O) groups excluding carboxylic acids is 1. The lowest BCUT2D eigenvalue weighted by molar-refractivity contribution is -0.118. The number of hydrogen-bond acceptors (Lipinski definition) is 4. The van der Waals surface area contributed by atoms with Gasteiger partial charge in [-0.1, -0.05) is 43.4 Å². The molecule has 0 fully saturated rings. The van der Waals surface area contributed by atoms with Crippen molar-refractivity contribution in [2.75, 3.05) is 13.1 Å². The van der Waals surface area contributed by atoms with Crippen molar-refractivity contribution in [1.29, 1.82) is 0 Å². The monoisotopic (exact) mass is 315 g/mol. The Balaban J connectivity index is 2.89. The van der Waals surface area contributed by atoms with Crippen molar-refractivity contribution in [3.8, 4) is 0 Å². The average Bonchev–Trinajstić information content (AvgIpc) is 2.35. The largest absolute Gasteiger partial charge is 0.389 e. The molecule has 6 nitrogen and oxygen atoms in total. The normalized spacial score (nSPS) is 11.5. The zero-order valence-corrected chi connectivity index (χ0v) is 12.7. The van der Waals surface area contributed by atoms with E-state index in [0.29, 0.717) is 11.1 Å². The van der Waals surface area contributed by atoms with E-state index >= 15 is 0 Å². The predicted octanol–water partition coefficient (Wildman–Crippen LogP) is -0.0422. The minimum absolute atomic E-state index is 0.191. The molecule has 0 aliphatic heterocycles. The van der Waals surface area contributed by atoms with Crippen molar-refractivity contribution < 1.29 is 13.2 Å². The van der Waals surface area contributed by atoms with Crippen molar-refractivity contribution in [3.05, 3.63) is 35.4 Å². The first-order chi connectivity index (χ1) is 9.26. The Labute approximate surface area is 123 Å². The summed E-state index contributed by atoms with van der Waals surface area (Å²) in [5.74, 6) is -0.884. The summed E-state index contributed by atoms with van der Waals surface area (Å²) >= 11 is 4.82. The van der Waals surface area contributed by atoms with Crippen molar-refractivity contribution in [2.24, 2.45) is 11.5 Å². The molecule has 1 aromatic rings. The van der Waals surface area contributed by atoms with Crippen molar-refractivity contribution >= 4 is 33.1 Å². The summed E-state index contributed by atoms with van der Waals surface area (Å²) in [6.07, 6.45) is 0. The standard InChI is InChI=1S/C12H17N3O3S2/c1-2-15(7-11(13)16)20(17,18)8-9-3-5-10(6-4-9)12(14)19/h3-6H,2,7-8H2,1H3,(H2,13,16)(H2,14,19). The van der Waals surface area contributed by atoms with Crippen molar-refractivity contribution in [1.82, 2.24) is 4.31 Å². The number of rotatable bonds is 7. The minimum Gasteiger partial charge on any atom is -0.389 e. The Hall–Kier alpha value is -1.51. The fraction of sp³-hybridized carbons (Fsp3) is 0.333. The molecule has 0 atom stereocenters. The first-order valence-electron chi connectivity index (χ1n) is 5.91. The second-order valence-electron chi connectivity index (χ2n) is 4.21. The summed E-state index contributed by atoms with van der Waals surface area (Å²) in [6, 6.07) is 6.61. The molecule has 0 saturated carbocycles. The van der Waals surface area contributed by atoms with E-state index in [9.17, 15) is 13.2 Å². The molecule has 4 N–H and O–H groups in total. The van der Waals surface area contributed by atoms with Crippen molar-refractivity contribution in [3.63, 3.8) is 0 Å². The number of likely N-dealkylation sites (N-methyl/N-ethyl adjacent to an activating group) is 1. The van der Waals surface area contributed by atoms with Crippen LogP contribution in [0.5, 0.6) is 0 Å². The number of benzene rings is 1. The molecule has 0 bridgehead atoms. The van der Waals surface area contributed by atoms with Crippen molar-refractivity contribution in [2.45, 2.75) is 12.7 Å². The molecule has 0 unspecified atom stereocenters. The predicted molar refractivity (Wildman–Crippen MR) is 81.4 cm³/mol. The summed E-state index contributed by atoms with van der Waals surface area (Å²) in [6.45, 7) is 1.52. The lowest BCUT2D eigenvalue weighted by Gasteiger charge is -2.18. The zero-order chi connectivity index (χ0) is 15.3. The molecule has 8 heteroatoms. The lowest BCUT2D eigenvalue weighted by atomic mass is 10.1. The first kappa shape index (κ1) is 16.5. The van der Waals surface area contributed by atoms with Crippen LogP contribution < -0.4 is 11.5 Å². The Morgan fingerprint density at radius 3 is 2.20 bits per heavy atom. The molecule has 0 radical (unpaired) electrons. The van der Waals surface area contributed by atoms with Gasteiger partial charge in [-0.25, -0.2) is 8.42 Å². The molecule has 0 saturated heterocycles. The van der Waals surface area contributed by atoms with Crippen LogP contribution in [0, 0.1) is 0 Å². The average molecular weight is 315 g/mol. The van der Waals surface area contributed by atoms with Gasteiger partial charge in [-0.05, 0) is 5.56 Å². The van der Waals surface area contributed by atoms with Crippen LogP contribution in [0.3, 0.4) is 0 Å². The summed E-state index contributed by atoms with van der Waals surface area (Å²) in [7, 11) is -3.59. The van der Waals surface area contributed by atoms with Crippen LogP contribution >= 0.6 is 12.2 Å². The lowest BCUT2D eigenvalue weighted by Crippen LogP contribution is -2.38. The number of nitrogens with zero attached hydrogens (tertiary/aromatic N) is 1. The molecule has 0 heterocycles. The maximum Gasteiger partial charge on any atom is 0.232 e. The quantitative estimate of drug-likeness (QED) is 0.687. The number of nitrogens with two attached hydrogens (primary N) is 2. The summed E-state index contributed by atoms with van der Waals surface area (Å²) in [4.78, 5) is 11.1.